The maximum absolute atomic E-state index is 4.24. The summed E-state index contributed by atoms with van der Waals surface area (Å²) < 4.78 is 0. The van der Waals surface area contributed by atoms with E-state index < -0.39 is 0 Å². The van der Waals surface area contributed by atoms with Crippen LogP contribution in [0.15, 0.2) is 385 Å². The van der Waals surface area contributed by atoms with Crippen LogP contribution in [0.1, 0.15) is 77.9 Å². The van der Waals surface area contributed by atoms with Crippen LogP contribution in [0.25, 0.3) is 6.08 Å². The van der Waals surface area contributed by atoms with Gasteiger partial charge >= 0.3 is 0 Å². The van der Waals surface area contributed by atoms with Crippen molar-refractivity contribution in [3.05, 3.63) is 474 Å². The Morgan fingerprint density at radius 2 is 0.829 bits per heavy atom. The zero-order chi connectivity index (χ0) is 75.3. The predicted molar refractivity (Wildman–Crippen MR) is 450 cm³/mol. The molecule has 2 aromatic heterocycles. The number of aromatic nitrogens is 2. The van der Waals surface area contributed by atoms with Crippen LogP contribution >= 0.6 is 0 Å². The fraction of sp³-hybridized carbons (Fsp3) is 0.104. The molecule has 530 valence electrons. The first-order valence-corrected chi connectivity index (χ1v) is 33.7. The van der Waals surface area contributed by atoms with Gasteiger partial charge in [0.2, 0.25) is 0 Å². The van der Waals surface area contributed by atoms with Crippen LogP contribution in [0.2, 0.25) is 0 Å². The van der Waals surface area contributed by atoms with Crippen LogP contribution in [-0.2, 0) is 123 Å². The van der Waals surface area contributed by atoms with Crippen molar-refractivity contribution in [1.82, 2.24) is 9.97 Å². The number of para-hydroxylation sites is 2. The second kappa shape index (κ2) is 62.2. The van der Waals surface area contributed by atoms with E-state index >= 15 is 0 Å². The molecule has 6 aliphatic rings. The maximum atomic E-state index is 4.24. The monoisotopic (exact) mass is 1530 g/mol. The fourth-order valence-electron chi connectivity index (χ4n) is 10.2. The number of rotatable bonds is 4. The molecule has 0 saturated carbocycles. The zero-order valence-corrected chi connectivity index (χ0v) is 67.2. The normalized spacial score (nSPS) is 10.7. The van der Waals surface area contributed by atoms with Crippen molar-refractivity contribution in [1.29, 1.82) is 0 Å². The molecule has 17 rings (SSSR count). The van der Waals surface area contributed by atoms with Crippen molar-refractivity contribution in [3.8, 4) is 0 Å². The quantitative estimate of drug-likeness (QED) is 0.130. The Morgan fingerprint density at radius 3 is 1.35 bits per heavy atom. The maximum Gasteiger partial charge on any atom is 0.155 e. The average Bonchev–Trinajstić information content (AvgIpc) is 1.81. The molecular formula is C96H101N7Y2-4. The van der Waals surface area contributed by atoms with Gasteiger partial charge < -0.3 is 0 Å². The van der Waals surface area contributed by atoms with E-state index in [4.69, 9.17) is 0 Å². The van der Waals surface area contributed by atoms with Gasteiger partial charge in [-0.1, -0.05) is 134 Å². The van der Waals surface area contributed by atoms with Crippen LogP contribution < -0.4 is 10.6 Å². The third kappa shape index (κ3) is 35.6. The molecule has 9 aromatic carbocycles. The molecule has 0 amide bonds. The van der Waals surface area contributed by atoms with Gasteiger partial charge in [0.25, 0.3) is 0 Å². The van der Waals surface area contributed by atoms with Gasteiger partial charge in [-0.3, -0.25) is 25.0 Å². The number of hydrogen-bond acceptors (Lipinski definition) is 7. The summed E-state index contributed by atoms with van der Waals surface area (Å²) >= 11 is 0. The van der Waals surface area contributed by atoms with Crippen LogP contribution in [0.4, 0.5) is 17.2 Å². The first-order chi connectivity index (χ1) is 51.1. The summed E-state index contributed by atoms with van der Waals surface area (Å²) in [7, 11) is 0. The number of benzene rings is 9. The fourth-order valence-corrected chi connectivity index (χ4v) is 10.2. The van der Waals surface area contributed by atoms with Gasteiger partial charge in [-0.25, -0.2) is 9.98 Å². The number of fused-ring (bicyclic) bond motifs is 7. The molecule has 2 radical (unpaired) electrons. The van der Waals surface area contributed by atoms with Gasteiger partial charge in [0.15, 0.2) is 5.82 Å². The van der Waals surface area contributed by atoms with E-state index in [-0.39, 0.29) is 65.4 Å². The second-order valence-electron chi connectivity index (χ2n) is 20.9. The first-order valence-electron chi connectivity index (χ1n) is 33.7. The zero-order valence-electron chi connectivity index (χ0n) is 61.5. The summed E-state index contributed by atoms with van der Waals surface area (Å²) in [4.78, 5) is 28.7. The average molecular weight is 1530 g/mol. The van der Waals surface area contributed by atoms with E-state index in [0.717, 1.165) is 79.7 Å². The molecule has 105 heavy (non-hydrogen) atoms. The minimum Gasteiger partial charge on any atom is -0.288 e. The van der Waals surface area contributed by atoms with Crippen molar-refractivity contribution in [2.24, 2.45) is 25.0 Å². The van der Waals surface area contributed by atoms with Crippen LogP contribution in [-0.4, -0.2) is 41.4 Å². The SMILES string of the molecule is C1=NCc2ccccc21.C1=Nc2ccccc2C1.C1=Nc2cnccc2C1.C1=Nc2ncccc2C1.C1=c2ccccc2=NC1.C=C.C=C.C=C.C=C.C=C.C=C.C=C.C=C.[CH2-]c1ccccc1Cc1[c-]cccc1.[Y].[Y].[c-]1ccccc1Cc1[c-]cccc1.c1ccc2c(c1)CCc1ccccc1C2. The summed E-state index contributed by atoms with van der Waals surface area (Å²) in [5, 5.41) is 2.41. The van der Waals surface area contributed by atoms with Crippen molar-refractivity contribution >= 4 is 48.1 Å². The minimum atomic E-state index is 0. The number of aryl methyl sites for hydroxylation is 2. The van der Waals surface area contributed by atoms with E-state index in [9.17, 15) is 0 Å². The summed E-state index contributed by atoms with van der Waals surface area (Å²) in [6.07, 6.45) is 23.4. The van der Waals surface area contributed by atoms with Gasteiger partial charge in [0.05, 0.1) is 36.0 Å². The number of aliphatic imine (C=N–C) groups is 4. The van der Waals surface area contributed by atoms with E-state index in [1.54, 1.807) is 18.6 Å². The molecule has 11 aromatic rings. The van der Waals surface area contributed by atoms with Crippen molar-refractivity contribution < 1.29 is 65.4 Å². The van der Waals surface area contributed by atoms with Gasteiger partial charge in [-0.05, 0) is 99.7 Å². The van der Waals surface area contributed by atoms with E-state index in [2.05, 4.69) is 275 Å². The Labute approximate surface area is 680 Å². The topological polar surface area (TPSA) is 87.6 Å². The Balaban J connectivity index is 0.00000115. The van der Waals surface area contributed by atoms with Gasteiger partial charge in [-0.15, -0.1) is 123 Å². The molecule has 5 aliphatic heterocycles. The molecule has 0 atom stereocenters. The summed E-state index contributed by atoms with van der Waals surface area (Å²) in [6.45, 7) is 53.7. The molecule has 0 unspecified atom stereocenters. The largest absolute Gasteiger partial charge is 0.288 e. The molecule has 0 saturated heterocycles. The number of pyridine rings is 2. The summed E-state index contributed by atoms with van der Waals surface area (Å²) in [5.41, 5.74) is 20.7. The number of nitrogens with zero attached hydrogens (tertiary/aromatic N) is 7. The third-order valence-corrected chi connectivity index (χ3v) is 14.9. The molecule has 1 aliphatic carbocycles. The first kappa shape index (κ1) is 94.6. The van der Waals surface area contributed by atoms with E-state index in [0.29, 0.717) is 0 Å². The molecular weight excluding hydrogens is 1430 g/mol. The summed E-state index contributed by atoms with van der Waals surface area (Å²) in [5.74, 6) is 0.887. The third-order valence-electron chi connectivity index (χ3n) is 14.9. The Morgan fingerprint density at radius 1 is 0.381 bits per heavy atom. The standard InChI is InChI=1S/C15H14.C14H12.C13H10.3C8H7N.2C7H6N2.8C2H4.2Y/c1-3-7-14-11-15-8-4-2-6-13(15)10-9-12(14)5-1;1-12-7-5-6-10-14(12)11-13-8-3-2-4-9-13;1-3-7-12(8-4-1)11-13-9-5-2-6-10-13;1-2-4-8-6-9-5-7(8)3-1;2*1-2-4-8-7(3-1)5-6-9-8;1-3-8-5-7-6(1)2-4-9-7;1-2-6-3-5-9-7(6)8-4-1;8*1-2;;/h1-8H,9-11H2;2-8,10H,1,11H2;1-7,9H,11H2;1-5H,6H2;1-4,6H,5H2;1-5H,6H2;1,3-5H,2H2;1-2,4-5H,3H2;8*1-2H2;;/q;2*-2;;;;;;;;;;;;;;;. The minimum absolute atomic E-state index is 0. The molecule has 7 heterocycles. The Bertz CT molecular complexity index is 4000. The van der Waals surface area contributed by atoms with Crippen LogP contribution in [0.5, 0.6) is 0 Å². The smallest absolute Gasteiger partial charge is 0.155 e. The van der Waals surface area contributed by atoms with Gasteiger partial charge in [0.1, 0.15) is 0 Å². The van der Waals surface area contributed by atoms with Crippen molar-refractivity contribution in [2.45, 2.75) is 57.9 Å². The Hall–Kier alpha value is -10.4. The molecule has 0 spiro atoms. The molecule has 9 heteroatoms. The van der Waals surface area contributed by atoms with Crippen LogP contribution in [0.3, 0.4) is 0 Å². The van der Waals surface area contributed by atoms with Crippen molar-refractivity contribution in [3.63, 3.8) is 0 Å². The Kier molecular flexibility index (Phi) is 56.1. The number of hydrogen-bond donors (Lipinski definition) is 0. The van der Waals surface area contributed by atoms with Crippen LogP contribution in [0, 0.1) is 25.1 Å². The summed E-state index contributed by atoms with van der Waals surface area (Å²) in [6, 6.07) is 90.3. The molecule has 7 nitrogen and oxygen atoms in total. The van der Waals surface area contributed by atoms with Gasteiger partial charge in [0, 0.05) is 127 Å². The predicted octanol–water partition coefficient (Wildman–Crippen LogP) is 22.3. The molecule has 0 fully saturated rings. The molecule has 0 bridgehead atoms. The molecule has 0 N–H and O–H groups in total. The van der Waals surface area contributed by atoms with Crippen molar-refractivity contribution in [2.75, 3.05) is 6.54 Å². The second-order valence-corrected chi connectivity index (χ2v) is 20.9. The van der Waals surface area contributed by atoms with E-state index in [1.165, 1.54) is 90.4 Å². The van der Waals surface area contributed by atoms with Gasteiger partial charge in [-0.2, -0.15) is 126 Å². The van der Waals surface area contributed by atoms with E-state index in [1.807, 2.05) is 158 Å².